The van der Waals surface area contributed by atoms with Crippen LogP contribution in [-0.4, -0.2) is 41.0 Å². The van der Waals surface area contributed by atoms with Crippen molar-refractivity contribution in [2.45, 2.75) is 51.7 Å². The average Bonchev–Trinajstić information content (AvgIpc) is 2.88. The Labute approximate surface area is 223 Å². The van der Waals surface area contributed by atoms with Crippen molar-refractivity contribution in [3.63, 3.8) is 0 Å². The maximum Gasteiger partial charge on any atom is 0.335 e. The highest BCUT2D eigenvalue weighted by Crippen LogP contribution is 2.28. The molecular weight excluding hydrogens is 488 g/mol. The third-order valence-corrected chi connectivity index (χ3v) is 6.73. The molecule has 3 aromatic rings. The van der Waals surface area contributed by atoms with Gasteiger partial charge in [-0.15, -0.1) is 0 Å². The number of halogens is 1. The number of aryl methyl sites for hydroxylation is 2. The molecule has 0 unspecified atom stereocenters. The maximum atomic E-state index is 11.1. The van der Waals surface area contributed by atoms with E-state index in [1.165, 1.54) is 17.7 Å². The van der Waals surface area contributed by atoms with Crippen LogP contribution in [0.3, 0.4) is 0 Å². The van der Waals surface area contributed by atoms with E-state index in [0.717, 1.165) is 41.0 Å². The summed E-state index contributed by atoms with van der Waals surface area (Å²) in [4.78, 5) is 11.1. The number of nitrogens with zero attached hydrogens (tertiary/aromatic N) is 1. The largest absolute Gasteiger partial charge is 0.489 e. The van der Waals surface area contributed by atoms with Crippen LogP contribution in [0.4, 0.5) is 0 Å². The van der Waals surface area contributed by atoms with Gasteiger partial charge in [-0.1, -0.05) is 41.9 Å². The lowest BCUT2D eigenvalue weighted by Crippen LogP contribution is -2.44. The zero-order valence-electron chi connectivity index (χ0n) is 21.4. The van der Waals surface area contributed by atoms with Crippen molar-refractivity contribution in [2.75, 3.05) is 13.2 Å². The Bertz CT molecular complexity index is 1270. The minimum atomic E-state index is -0.989. The molecule has 37 heavy (non-hydrogen) atoms. The molecule has 0 spiro atoms. The number of nitriles is 1. The number of carboxylic acid groups (broad SMARTS) is 1. The lowest BCUT2D eigenvalue weighted by molar-refractivity contribution is 0.0697. The van der Waals surface area contributed by atoms with Crippen molar-refractivity contribution in [3.8, 4) is 22.9 Å². The van der Waals surface area contributed by atoms with E-state index in [2.05, 4.69) is 31.3 Å². The summed E-state index contributed by atoms with van der Waals surface area (Å²) in [5, 5.41) is 33.3. The Balaban J connectivity index is 1.51. The maximum absolute atomic E-state index is 11.1. The Morgan fingerprint density at radius 2 is 1.81 bits per heavy atom. The molecule has 3 N–H and O–H groups in total. The van der Waals surface area contributed by atoms with Gasteiger partial charge in [-0.2, -0.15) is 5.26 Å². The van der Waals surface area contributed by atoms with Crippen LogP contribution < -0.4 is 10.1 Å². The molecule has 0 aliphatic heterocycles. The first-order valence-electron chi connectivity index (χ1n) is 12.3. The number of β-amino-alcohol motifs (C(OH)–C–C–N with tert-alkyl or cyclic N) is 1. The van der Waals surface area contributed by atoms with Crippen molar-refractivity contribution >= 4 is 17.6 Å². The van der Waals surface area contributed by atoms with E-state index in [1.54, 1.807) is 30.3 Å². The Morgan fingerprint density at radius 3 is 2.46 bits per heavy atom. The Morgan fingerprint density at radius 1 is 1.11 bits per heavy atom. The summed E-state index contributed by atoms with van der Waals surface area (Å²) < 4.78 is 5.82. The van der Waals surface area contributed by atoms with E-state index >= 15 is 0 Å². The van der Waals surface area contributed by atoms with Crippen LogP contribution in [0, 0.1) is 18.3 Å². The fourth-order valence-electron chi connectivity index (χ4n) is 3.97. The summed E-state index contributed by atoms with van der Waals surface area (Å²) in [6.07, 6.45) is 2.08. The average molecular weight is 521 g/mol. The first-order valence-corrected chi connectivity index (χ1v) is 12.6. The number of rotatable bonds is 12. The number of benzene rings is 3. The van der Waals surface area contributed by atoms with Gasteiger partial charge in [-0.3, -0.25) is 0 Å². The van der Waals surface area contributed by atoms with Gasteiger partial charge in [0.2, 0.25) is 0 Å². The molecule has 0 aliphatic rings. The third kappa shape index (κ3) is 8.33. The number of aliphatic hydroxyl groups is 1. The number of carbonyl (C=O) groups is 1. The lowest BCUT2D eigenvalue weighted by Gasteiger charge is -2.28. The van der Waals surface area contributed by atoms with Crippen molar-refractivity contribution in [2.24, 2.45) is 0 Å². The predicted octanol–water partition coefficient (Wildman–Crippen LogP) is 6.02. The topological polar surface area (TPSA) is 103 Å². The van der Waals surface area contributed by atoms with Crippen molar-refractivity contribution in [1.29, 1.82) is 5.26 Å². The molecule has 0 saturated carbocycles. The van der Waals surface area contributed by atoms with Gasteiger partial charge in [-0.05, 0) is 92.6 Å². The van der Waals surface area contributed by atoms with Gasteiger partial charge in [0, 0.05) is 17.1 Å². The van der Waals surface area contributed by atoms with Crippen LogP contribution in [-0.2, 0) is 6.42 Å². The van der Waals surface area contributed by atoms with Crippen LogP contribution >= 0.6 is 11.6 Å². The molecule has 0 heterocycles. The Kier molecular flexibility index (Phi) is 9.71. The second-order valence-electron chi connectivity index (χ2n) is 9.87. The summed E-state index contributed by atoms with van der Waals surface area (Å²) >= 11 is 6.23. The summed E-state index contributed by atoms with van der Waals surface area (Å²) in [5.74, 6) is -0.616. The standard InChI is InChI=1S/C30H33ClN2O4/c1-20-6-7-21(15-27(20)31)5-4-14-30(2,3)33-18-26(34)19-37-28-16-24(12-13-25(28)17-32)22-8-10-23(11-9-22)29(35)36/h6-13,15-16,26,33-34H,4-5,14,18-19H2,1-3H3,(H,35,36)/t26-/m1/s1. The van der Waals surface area contributed by atoms with Crippen molar-refractivity contribution in [3.05, 3.63) is 87.9 Å². The zero-order valence-corrected chi connectivity index (χ0v) is 22.2. The number of hydrogen-bond donors (Lipinski definition) is 3. The van der Waals surface area contributed by atoms with Crippen molar-refractivity contribution in [1.82, 2.24) is 5.32 Å². The molecule has 3 aromatic carbocycles. The van der Waals surface area contributed by atoms with Gasteiger partial charge in [-0.25, -0.2) is 4.79 Å². The van der Waals surface area contributed by atoms with E-state index in [-0.39, 0.29) is 17.7 Å². The highest BCUT2D eigenvalue weighted by atomic mass is 35.5. The van der Waals surface area contributed by atoms with E-state index in [0.29, 0.717) is 17.9 Å². The minimum absolute atomic E-state index is 0.0288. The molecule has 0 fully saturated rings. The molecule has 1 atom stereocenters. The summed E-state index contributed by atoms with van der Waals surface area (Å²) in [6, 6.07) is 19.9. The second-order valence-corrected chi connectivity index (χ2v) is 10.3. The first-order chi connectivity index (χ1) is 17.6. The highest BCUT2D eigenvalue weighted by molar-refractivity contribution is 6.31. The van der Waals surface area contributed by atoms with Gasteiger partial charge >= 0.3 is 5.97 Å². The highest BCUT2D eigenvalue weighted by Gasteiger charge is 2.19. The van der Waals surface area contributed by atoms with Gasteiger partial charge < -0.3 is 20.3 Å². The fraction of sp³-hybridized carbons (Fsp3) is 0.333. The molecule has 0 amide bonds. The van der Waals surface area contributed by atoms with E-state index in [9.17, 15) is 15.2 Å². The molecular formula is C30H33ClN2O4. The van der Waals surface area contributed by atoms with Gasteiger partial charge in [0.05, 0.1) is 11.1 Å². The third-order valence-electron chi connectivity index (χ3n) is 6.32. The number of nitrogens with one attached hydrogen (secondary N) is 1. The first kappa shape index (κ1) is 28.2. The second kappa shape index (κ2) is 12.7. The fourth-order valence-corrected chi connectivity index (χ4v) is 4.18. The number of carboxylic acids is 1. The monoisotopic (exact) mass is 520 g/mol. The van der Waals surface area contributed by atoms with E-state index in [4.69, 9.17) is 21.4 Å². The van der Waals surface area contributed by atoms with Crippen LogP contribution in [0.15, 0.2) is 60.7 Å². The molecule has 3 rings (SSSR count). The number of ether oxygens (including phenoxy) is 1. The van der Waals surface area contributed by atoms with E-state index in [1.807, 2.05) is 19.1 Å². The molecule has 0 radical (unpaired) electrons. The number of aliphatic hydroxyl groups excluding tert-OH is 1. The van der Waals surface area contributed by atoms with Gasteiger partial charge in [0.15, 0.2) is 0 Å². The number of hydrogen-bond acceptors (Lipinski definition) is 5. The summed E-state index contributed by atoms with van der Waals surface area (Å²) in [5.41, 5.74) is 4.27. The molecule has 0 aromatic heterocycles. The summed E-state index contributed by atoms with van der Waals surface area (Å²) in [6.45, 7) is 6.58. The molecule has 194 valence electrons. The van der Waals surface area contributed by atoms with Gasteiger partial charge in [0.25, 0.3) is 0 Å². The Hall–Kier alpha value is -3.37. The van der Waals surface area contributed by atoms with Crippen LogP contribution in [0.2, 0.25) is 5.02 Å². The van der Waals surface area contributed by atoms with Crippen molar-refractivity contribution < 1.29 is 19.7 Å². The molecule has 0 saturated heterocycles. The van der Waals surface area contributed by atoms with Gasteiger partial charge in [0.1, 0.15) is 24.5 Å². The minimum Gasteiger partial charge on any atom is -0.489 e. The van der Waals surface area contributed by atoms with E-state index < -0.39 is 12.1 Å². The molecule has 6 nitrogen and oxygen atoms in total. The quantitative estimate of drug-likeness (QED) is 0.270. The molecule has 7 heteroatoms. The summed E-state index contributed by atoms with van der Waals surface area (Å²) in [7, 11) is 0. The molecule has 0 bridgehead atoms. The number of aromatic carboxylic acids is 1. The molecule has 0 aliphatic carbocycles. The van der Waals surface area contributed by atoms with Crippen LogP contribution in [0.5, 0.6) is 5.75 Å². The predicted molar refractivity (Wildman–Crippen MR) is 146 cm³/mol. The zero-order chi connectivity index (χ0) is 27.0. The normalized spacial score (nSPS) is 12.1. The van der Waals surface area contributed by atoms with Crippen LogP contribution in [0.25, 0.3) is 11.1 Å². The lowest BCUT2D eigenvalue weighted by atomic mass is 9.95. The smallest absolute Gasteiger partial charge is 0.335 e. The SMILES string of the molecule is Cc1ccc(CCCC(C)(C)NC[C@@H](O)COc2cc(-c3ccc(C(=O)O)cc3)ccc2C#N)cc1Cl. The van der Waals surface area contributed by atoms with Crippen LogP contribution in [0.1, 0.15) is 53.7 Å².